The molecular weight excluding hydrogens is 286 g/mol. The number of esters is 1. The van der Waals surface area contributed by atoms with Crippen LogP contribution in [0.1, 0.15) is 30.1 Å². The SMILES string of the molecule is CCOC(=O)c1cccc(OCC(=O)NCC2CCCO2)c1. The van der Waals surface area contributed by atoms with Crippen molar-refractivity contribution in [1.82, 2.24) is 5.32 Å². The summed E-state index contributed by atoms with van der Waals surface area (Å²) in [5.41, 5.74) is 0.402. The molecule has 1 fully saturated rings. The zero-order chi connectivity index (χ0) is 15.8. The van der Waals surface area contributed by atoms with E-state index < -0.39 is 5.97 Å². The molecule has 1 N–H and O–H groups in total. The summed E-state index contributed by atoms with van der Waals surface area (Å²) in [4.78, 5) is 23.3. The highest BCUT2D eigenvalue weighted by Gasteiger charge is 2.16. The van der Waals surface area contributed by atoms with Gasteiger partial charge in [-0.15, -0.1) is 0 Å². The van der Waals surface area contributed by atoms with Crippen molar-refractivity contribution < 1.29 is 23.8 Å². The van der Waals surface area contributed by atoms with Crippen LogP contribution >= 0.6 is 0 Å². The van der Waals surface area contributed by atoms with Crippen molar-refractivity contribution in [1.29, 1.82) is 0 Å². The predicted molar refractivity (Wildman–Crippen MR) is 79.9 cm³/mol. The summed E-state index contributed by atoms with van der Waals surface area (Å²) < 4.78 is 15.7. The van der Waals surface area contributed by atoms with Gasteiger partial charge in [-0.3, -0.25) is 4.79 Å². The number of carbonyl (C=O) groups is 2. The van der Waals surface area contributed by atoms with E-state index in [0.29, 0.717) is 24.5 Å². The van der Waals surface area contributed by atoms with Gasteiger partial charge in [0, 0.05) is 13.2 Å². The molecule has 1 aromatic rings. The second-order valence-electron chi connectivity index (χ2n) is 4.98. The first-order chi connectivity index (χ1) is 10.7. The van der Waals surface area contributed by atoms with Crippen LogP contribution < -0.4 is 10.1 Å². The van der Waals surface area contributed by atoms with Crippen LogP contribution in [0, 0.1) is 0 Å². The molecule has 0 aromatic heterocycles. The van der Waals surface area contributed by atoms with Crippen molar-refractivity contribution in [3.05, 3.63) is 29.8 Å². The average molecular weight is 307 g/mol. The molecule has 1 heterocycles. The van der Waals surface area contributed by atoms with Gasteiger partial charge in [0.05, 0.1) is 18.3 Å². The summed E-state index contributed by atoms with van der Waals surface area (Å²) in [5.74, 6) is -0.161. The van der Waals surface area contributed by atoms with Gasteiger partial charge in [0.2, 0.25) is 0 Å². The van der Waals surface area contributed by atoms with Crippen LogP contribution in [0.3, 0.4) is 0 Å². The molecule has 6 nitrogen and oxygen atoms in total. The predicted octanol–water partition coefficient (Wildman–Crippen LogP) is 1.54. The van der Waals surface area contributed by atoms with E-state index in [9.17, 15) is 9.59 Å². The van der Waals surface area contributed by atoms with Crippen molar-refractivity contribution in [2.24, 2.45) is 0 Å². The minimum Gasteiger partial charge on any atom is -0.484 e. The van der Waals surface area contributed by atoms with Crippen molar-refractivity contribution in [3.63, 3.8) is 0 Å². The van der Waals surface area contributed by atoms with Gasteiger partial charge >= 0.3 is 5.97 Å². The number of carbonyl (C=O) groups excluding carboxylic acids is 2. The van der Waals surface area contributed by atoms with Crippen LogP contribution in [0.2, 0.25) is 0 Å². The molecule has 0 aliphatic carbocycles. The fraction of sp³-hybridized carbons (Fsp3) is 0.500. The highest BCUT2D eigenvalue weighted by atomic mass is 16.5. The average Bonchev–Trinajstić information content (AvgIpc) is 3.05. The van der Waals surface area contributed by atoms with E-state index in [1.165, 1.54) is 0 Å². The number of nitrogens with one attached hydrogen (secondary N) is 1. The van der Waals surface area contributed by atoms with Crippen molar-refractivity contribution in [3.8, 4) is 5.75 Å². The molecule has 6 heteroatoms. The number of amides is 1. The molecule has 0 bridgehead atoms. The Kier molecular flexibility index (Phi) is 6.21. The molecule has 1 aromatic carbocycles. The minimum atomic E-state index is -0.407. The van der Waals surface area contributed by atoms with E-state index in [4.69, 9.17) is 14.2 Å². The maximum atomic E-state index is 11.7. The fourth-order valence-corrected chi connectivity index (χ4v) is 2.16. The largest absolute Gasteiger partial charge is 0.484 e. The van der Waals surface area contributed by atoms with Crippen molar-refractivity contribution in [2.75, 3.05) is 26.4 Å². The molecule has 1 atom stereocenters. The third-order valence-electron chi connectivity index (χ3n) is 3.27. The van der Waals surface area contributed by atoms with E-state index in [-0.39, 0.29) is 18.6 Å². The highest BCUT2D eigenvalue weighted by Crippen LogP contribution is 2.14. The van der Waals surface area contributed by atoms with Crippen LogP contribution in [-0.2, 0) is 14.3 Å². The van der Waals surface area contributed by atoms with Gasteiger partial charge in [0.1, 0.15) is 5.75 Å². The van der Waals surface area contributed by atoms with Crippen LogP contribution in [-0.4, -0.2) is 44.3 Å². The van der Waals surface area contributed by atoms with E-state index >= 15 is 0 Å². The summed E-state index contributed by atoms with van der Waals surface area (Å²) in [6.07, 6.45) is 2.12. The van der Waals surface area contributed by atoms with Crippen LogP contribution in [0.5, 0.6) is 5.75 Å². The third kappa shape index (κ3) is 5.04. The molecule has 0 saturated carbocycles. The summed E-state index contributed by atoms with van der Waals surface area (Å²) in [7, 11) is 0. The summed E-state index contributed by atoms with van der Waals surface area (Å²) >= 11 is 0. The Balaban J connectivity index is 1.76. The minimum absolute atomic E-state index is 0.0982. The molecule has 1 amide bonds. The standard InChI is InChI=1S/C16H21NO5/c1-2-20-16(19)12-5-3-6-13(9-12)22-11-15(18)17-10-14-7-4-8-21-14/h3,5-6,9,14H,2,4,7-8,10-11H2,1H3,(H,17,18). The third-order valence-corrected chi connectivity index (χ3v) is 3.27. The summed E-state index contributed by atoms with van der Waals surface area (Å²) in [6, 6.07) is 6.58. The van der Waals surface area contributed by atoms with E-state index in [1.54, 1.807) is 31.2 Å². The number of benzene rings is 1. The molecule has 1 unspecified atom stereocenters. The smallest absolute Gasteiger partial charge is 0.338 e. The Morgan fingerprint density at radius 2 is 2.27 bits per heavy atom. The zero-order valence-electron chi connectivity index (χ0n) is 12.7. The van der Waals surface area contributed by atoms with Gasteiger partial charge in [0.25, 0.3) is 5.91 Å². The molecular formula is C16H21NO5. The first-order valence-electron chi connectivity index (χ1n) is 7.47. The lowest BCUT2D eigenvalue weighted by Gasteiger charge is -2.11. The van der Waals surface area contributed by atoms with Crippen LogP contribution in [0.25, 0.3) is 0 Å². The van der Waals surface area contributed by atoms with E-state index in [0.717, 1.165) is 19.4 Å². The topological polar surface area (TPSA) is 73.9 Å². The van der Waals surface area contributed by atoms with Gasteiger partial charge < -0.3 is 19.5 Å². The first-order valence-corrected chi connectivity index (χ1v) is 7.47. The van der Waals surface area contributed by atoms with Crippen molar-refractivity contribution in [2.45, 2.75) is 25.9 Å². The fourth-order valence-electron chi connectivity index (χ4n) is 2.16. The molecule has 2 rings (SSSR count). The van der Waals surface area contributed by atoms with Gasteiger partial charge in [0.15, 0.2) is 6.61 Å². The van der Waals surface area contributed by atoms with Gasteiger partial charge in [-0.05, 0) is 38.0 Å². The second-order valence-corrected chi connectivity index (χ2v) is 4.98. The van der Waals surface area contributed by atoms with Gasteiger partial charge in [-0.2, -0.15) is 0 Å². The van der Waals surface area contributed by atoms with Gasteiger partial charge in [-0.1, -0.05) is 6.07 Å². The second kappa shape index (κ2) is 8.38. The summed E-state index contributed by atoms with van der Waals surface area (Å²) in [6.45, 7) is 3.23. The lowest BCUT2D eigenvalue weighted by atomic mass is 10.2. The first kappa shape index (κ1) is 16.3. The molecule has 1 saturated heterocycles. The number of hydrogen-bond donors (Lipinski definition) is 1. The Morgan fingerprint density at radius 3 is 3.00 bits per heavy atom. The molecule has 120 valence electrons. The van der Waals surface area contributed by atoms with Gasteiger partial charge in [-0.25, -0.2) is 4.79 Å². The van der Waals surface area contributed by atoms with E-state index in [2.05, 4.69) is 5.32 Å². The number of rotatable bonds is 7. The lowest BCUT2D eigenvalue weighted by Crippen LogP contribution is -2.35. The molecule has 22 heavy (non-hydrogen) atoms. The quantitative estimate of drug-likeness (QED) is 0.773. The molecule has 1 aliphatic heterocycles. The van der Waals surface area contributed by atoms with E-state index in [1.807, 2.05) is 0 Å². The highest BCUT2D eigenvalue weighted by molar-refractivity contribution is 5.89. The molecule has 1 aliphatic rings. The zero-order valence-corrected chi connectivity index (χ0v) is 12.7. The number of hydrogen-bond acceptors (Lipinski definition) is 5. The maximum Gasteiger partial charge on any atom is 0.338 e. The number of ether oxygens (including phenoxy) is 3. The Labute approximate surface area is 129 Å². The Hall–Kier alpha value is -2.08. The molecule has 0 spiro atoms. The van der Waals surface area contributed by atoms with Crippen molar-refractivity contribution >= 4 is 11.9 Å². The van der Waals surface area contributed by atoms with Crippen LogP contribution in [0.4, 0.5) is 0 Å². The Bertz CT molecular complexity index is 511. The normalized spacial score (nSPS) is 17.0. The lowest BCUT2D eigenvalue weighted by molar-refractivity contribution is -0.123. The molecule has 0 radical (unpaired) electrons. The van der Waals surface area contributed by atoms with Crippen LogP contribution in [0.15, 0.2) is 24.3 Å². The Morgan fingerprint density at radius 1 is 1.41 bits per heavy atom. The monoisotopic (exact) mass is 307 g/mol. The maximum absolute atomic E-state index is 11.7. The summed E-state index contributed by atoms with van der Waals surface area (Å²) in [5, 5.41) is 2.77.